The molecule has 0 saturated heterocycles. The Hall–Kier alpha value is -7.29. The Balaban J connectivity index is 1.40. The van der Waals surface area contributed by atoms with Crippen LogP contribution in [0, 0.1) is 0 Å². The zero-order valence-corrected chi connectivity index (χ0v) is 34.5. The lowest BCUT2D eigenvalue weighted by Gasteiger charge is -2.30. The zero-order valence-electron chi connectivity index (χ0n) is 33.0. The van der Waals surface area contributed by atoms with E-state index in [1.807, 2.05) is 0 Å². The van der Waals surface area contributed by atoms with E-state index in [0.717, 1.165) is 25.3 Å². The van der Waals surface area contributed by atoms with Gasteiger partial charge in [-0.1, -0.05) is 41.4 Å². The predicted molar refractivity (Wildman–Crippen MR) is 225 cm³/mol. The fourth-order valence-corrected chi connectivity index (χ4v) is 7.63. The second-order valence-corrected chi connectivity index (χ2v) is 15.5. The SMILES string of the molecule is COC(=O)[C@H]1NC(=O)[C@H]2NC(=O)[C@H](NC(=O)[C@@H](N)c3cc(Oc4ccc(C[C@@H](N)C(=O)O)cc4Cl)c(O)c(c3)Oc3ccc(cc3Cl)[C@H]2O)c2ccc(O)c(c2)-c2c(O)cc(O)cc21. The maximum absolute atomic E-state index is 14.5. The molecule has 0 aliphatic carbocycles. The van der Waals surface area contributed by atoms with Crippen LogP contribution in [0.25, 0.3) is 11.1 Å². The minimum Gasteiger partial charge on any atom is -0.508 e. The highest BCUT2D eigenvalue weighted by atomic mass is 35.5. The maximum atomic E-state index is 14.5. The number of aliphatic hydroxyl groups is 1. The number of aliphatic carboxylic acids is 1. The number of rotatable bonds is 6. The summed E-state index contributed by atoms with van der Waals surface area (Å²) in [5.74, 6) is -8.95. The van der Waals surface area contributed by atoms with Gasteiger partial charge in [0.15, 0.2) is 17.5 Å². The Labute approximate surface area is 371 Å². The van der Waals surface area contributed by atoms with Gasteiger partial charge in [-0.2, -0.15) is 0 Å². The minimum atomic E-state index is -1.97. The molecule has 6 atom stereocenters. The molecule has 19 nitrogen and oxygen atoms in total. The number of aromatic hydroxyl groups is 4. The highest BCUT2D eigenvalue weighted by Gasteiger charge is 2.39. The summed E-state index contributed by atoms with van der Waals surface area (Å²) < 4.78 is 16.9. The smallest absolute Gasteiger partial charge is 0.333 e. The number of nitrogens with two attached hydrogens (primary N) is 2. The van der Waals surface area contributed by atoms with Gasteiger partial charge in [0, 0.05) is 22.8 Å². The van der Waals surface area contributed by atoms with Crippen molar-refractivity contribution >= 4 is 52.9 Å². The average Bonchev–Trinajstić information content (AvgIpc) is 3.25. The first-order valence-electron chi connectivity index (χ1n) is 19.0. The quantitative estimate of drug-likeness (QED) is 0.108. The van der Waals surface area contributed by atoms with Crippen LogP contribution in [0.15, 0.2) is 78.9 Å². The average molecular weight is 919 g/mol. The summed E-state index contributed by atoms with van der Waals surface area (Å²) in [6.45, 7) is 0. The number of carboxylic acid groups (broad SMARTS) is 1. The van der Waals surface area contributed by atoms with E-state index in [0.29, 0.717) is 5.56 Å². The Bertz CT molecular complexity index is 2750. The lowest BCUT2D eigenvalue weighted by molar-refractivity contribution is -0.146. The molecule has 3 amide bonds. The van der Waals surface area contributed by atoms with Gasteiger partial charge in [0.1, 0.15) is 59.0 Å². The number of phenols is 4. The van der Waals surface area contributed by atoms with Crippen LogP contribution in [0.1, 0.15) is 52.0 Å². The topological polar surface area (TPSA) is 323 Å². The molecule has 5 aromatic rings. The molecule has 3 aliphatic rings. The molecule has 332 valence electrons. The number of halogens is 2. The number of aliphatic hydroxyl groups excluding tert-OH is 1. The largest absolute Gasteiger partial charge is 0.508 e. The van der Waals surface area contributed by atoms with E-state index in [2.05, 4.69) is 16.0 Å². The second-order valence-electron chi connectivity index (χ2n) is 14.7. The number of benzene rings is 5. The molecular formula is C43H37Cl2N5O14. The number of methoxy groups -OCH3 is 1. The number of hydrogen-bond donors (Lipinski definition) is 11. The van der Waals surface area contributed by atoms with Crippen molar-refractivity contribution in [3.8, 4) is 57.1 Å². The molecule has 8 rings (SSSR count). The molecule has 8 bridgehead atoms. The number of fused-ring (bicyclic) bond motifs is 8. The van der Waals surface area contributed by atoms with Crippen LogP contribution in [0.2, 0.25) is 10.0 Å². The normalized spacial score (nSPS) is 20.0. The van der Waals surface area contributed by atoms with Crippen LogP contribution in [-0.2, 0) is 35.1 Å². The van der Waals surface area contributed by atoms with E-state index < -0.39 is 89.0 Å². The van der Waals surface area contributed by atoms with Gasteiger partial charge in [-0.3, -0.25) is 19.2 Å². The van der Waals surface area contributed by atoms with Crippen molar-refractivity contribution in [2.45, 2.75) is 42.7 Å². The van der Waals surface area contributed by atoms with Gasteiger partial charge in [-0.15, -0.1) is 0 Å². The summed E-state index contributed by atoms with van der Waals surface area (Å²) in [7, 11) is 1.000. The standard InChI is InChI=1S/C43H37Cl2N5O14/c1-62-43(61)35-22-14-20(51)15-27(53)32(22)21-10-17(3-5-26(21)52)34-40(57)50-36(41(58)49-35)37(54)18-4-7-29(24(45)11-18)64-31-13-19(33(47)39(56)48-34)12-30(38(31)55)63-28-6-2-16(8-23(28)44)9-25(46)42(59)60/h2-8,10-15,25,33-37,51-55H,9,46-47H2,1H3,(H,48,56)(H,49,58)(H,50,57)(H,59,60)/t25-,33+,34-,35+,36+,37-/m1/s1. The van der Waals surface area contributed by atoms with E-state index >= 15 is 0 Å². The summed E-state index contributed by atoms with van der Waals surface area (Å²) in [6.07, 6.45) is -2.02. The number of esters is 1. The van der Waals surface area contributed by atoms with Crippen molar-refractivity contribution in [2.75, 3.05) is 7.11 Å². The van der Waals surface area contributed by atoms with Gasteiger partial charge in [0.2, 0.25) is 23.5 Å². The molecular weight excluding hydrogens is 881 g/mol. The third-order valence-electron chi connectivity index (χ3n) is 10.4. The van der Waals surface area contributed by atoms with Crippen molar-refractivity contribution in [3.05, 3.63) is 117 Å². The molecule has 3 aliphatic heterocycles. The third kappa shape index (κ3) is 8.83. The maximum Gasteiger partial charge on any atom is 0.333 e. The van der Waals surface area contributed by atoms with E-state index in [4.69, 9.17) is 48.9 Å². The first-order chi connectivity index (χ1) is 30.3. The summed E-state index contributed by atoms with van der Waals surface area (Å²) in [6, 6.07) is 7.40. The molecule has 13 N–H and O–H groups in total. The lowest BCUT2D eigenvalue weighted by atomic mass is 9.89. The Morgan fingerprint density at radius 2 is 1.52 bits per heavy atom. The monoisotopic (exact) mass is 917 g/mol. The van der Waals surface area contributed by atoms with Crippen molar-refractivity contribution < 1.29 is 68.8 Å². The number of ether oxygens (including phenoxy) is 3. The van der Waals surface area contributed by atoms with Gasteiger partial charge < -0.3 is 72.3 Å². The number of hydrogen-bond acceptors (Lipinski definition) is 15. The molecule has 0 spiro atoms. The van der Waals surface area contributed by atoms with E-state index in [1.54, 1.807) is 0 Å². The molecule has 5 aromatic carbocycles. The van der Waals surface area contributed by atoms with E-state index in [1.165, 1.54) is 60.7 Å². The number of nitrogens with one attached hydrogen (secondary N) is 3. The highest BCUT2D eigenvalue weighted by molar-refractivity contribution is 6.32. The van der Waals surface area contributed by atoms with Crippen LogP contribution >= 0.6 is 23.2 Å². The second kappa shape index (κ2) is 17.8. The van der Waals surface area contributed by atoms with Gasteiger partial charge in [0.25, 0.3) is 0 Å². The molecule has 0 fully saturated rings. The van der Waals surface area contributed by atoms with Crippen molar-refractivity contribution in [1.29, 1.82) is 0 Å². The predicted octanol–water partition coefficient (Wildman–Crippen LogP) is 3.75. The number of carboxylic acids is 1. The minimum absolute atomic E-state index is 0.0154. The molecule has 21 heteroatoms. The van der Waals surface area contributed by atoms with Crippen LogP contribution in [0.4, 0.5) is 0 Å². The van der Waals surface area contributed by atoms with Crippen LogP contribution in [0.5, 0.6) is 46.0 Å². The summed E-state index contributed by atoms with van der Waals surface area (Å²) in [5, 5.41) is 72.6. The third-order valence-corrected chi connectivity index (χ3v) is 11.0. The Kier molecular flexibility index (Phi) is 12.5. The van der Waals surface area contributed by atoms with Crippen molar-refractivity contribution in [2.24, 2.45) is 11.5 Å². The molecule has 0 unspecified atom stereocenters. The van der Waals surface area contributed by atoms with Gasteiger partial charge in [0.05, 0.1) is 17.2 Å². The number of amides is 3. The molecule has 0 radical (unpaired) electrons. The van der Waals surface area contributed by atoms with E-state index in [-0.39, 0.29) is 72.8 Å². The fourth-order valence-electron chi connectivity index (χ4n) is 7.16. The zero-order chi connectivity index (χ0) is 46.3. The number of phenolic OH excluding ortho intramolecular Hbond substituents is 4. The summed E-state index contributed by atoms with van der Waals surface area (Å²) in [4.78, 5) is 67.6. The molecule has 3 heterocycles. The summed E-state index contributed by atoms with van der Waals surface area (Å²) in [5.41, 5.74) is 11.6. The van der Waals surface area contributed by atoms with Crippen molar-refractivity contribution in [3.63, 3.8) is 0 Å². The number of carbonyl (C=O) groups excluding carboxylic acids is 4. The molecule has 0 saturated carbocycles. The van der Waals surface area contributed by atoms with Crippen LogP contribution in [-0.4, -0.2) is 79.5 Å². The van der Waals surface area contributed by atoms with Gasteiger partial charge in [-0.25, -0.2) is 4.79 Å². The molecule has 64 heavy (non-hydrogen) atoms. The number of carbonyl (C=O) groups is 5. The van der Waals surface area contributed by atoms with Crippen LogP contribution < -0.4 is 36.9 Å². The molecule has 0 aromatic heterocycles. The van der Waals surface area contributed by atoms with Crippen molar-refractivity contribution in [1.82, 2.24) is 16.0 Å². The van der Waals surface area contributed by atoms with Crippen LogP contribution in [0.3, 0.4) is 0 Å². The lowest BCUT2D eigenvalue weighted by Crippen LogP contribution is -2.54. The van der Waals surface area contributed by atoms with Gasteiger partial charge in [-0.05, 0) is 83.3 Å². The van der Waals surface area contributed by atoms with Gasteiger partial charge >= 0.3 is 11.9 Å². The first-order valence-corrected chi connectivity index (χ1v) is 19.7. The summed E-state index contributed by atoms with van der Waals surface area (Å²) >= 11 is 13.1. The first kappa shape index (κ1) is 44.8. The Morgan fingerprint density at radius 3 is 2.20 bits per heavy atom. The van der Waals surface area contributed by atoms with E-state index in [9.17, 15) is 54.6 Å². The Morgan fingerprint density at radius 1 is 0.781 bits per heavy atom. The highest BCUT2D eigenvalue weighted by Crippen LogP contribution is 2.47. The fraction of sp³-hybridized carbons (Fsp3) is 0.186.